The molecule has 2 fully saturated rings. The van der Waals surface area contributed by atoms with Crippen molar-refractivity contribution in [2.45, 2.75) is 45.1 Å². The number of piperidine rings is 2. The lowest BCUT2D eigenvalue weighted by Crippen LogP contribution is -2.47. The topological polar surface area (TPSA) is 52.7 Å². The number of halogens is 1. The van der Waals surface area contributed by atoms with Gasteiger partial charge in [-0.25, -0.2) is 0 Å². The van der Waals surface area contributed by atoms with E-state index in [2.05, 4.69) is 10.2 Å². The molecule has 0 aromatic heterocycles. The van der Waals surface area contributed by atoms with Crippen LogP contribution in [0.3, 0.4) is 0 Å². The van der Waals surface area contributed by atoms with Gasteiger partial charge in [-0.3, -0.25) is 14.5 Å². The third-order valence-electron chi connectivity index (χ3n) is 6.71. The molecule has 32 heavy (non-hydrogen) atoms. The Morgan fingerprint density at radius 2 is 1.66 bits per heavy atom. The fourth-order valence-electron chi connectivity index (χ4n) is 4.82. The summed E-state index contributed by atoms with van der Waals surface area (Å²) in [6.07, 6.45) is 5.04. The average molecular weight is 454 g/mol. The first kappa shape index (κ1) is 22.8. The van der Waals surface area contributed by atoms with Gasteiger partial charge in [0.1, 0.15) is 6.04 Å². The Labute approximate surface area is 195 Å². The number of benzene rings is 2. The molecule has 2 heterocycles. The molecule has 0 saturated carbocycles. The van der Waals surface area contributed by atoms with Crippen molar-refractivity contribution in [2.75, 3.05) is 31.5 Å². The smallest absolute Gasteiger partial charge is 0.246 e. The van der Waals surface area contributed by atoms with Gasteiger partial charge in [-0.1, -0.05) is 48.0 Å². The largest absolute Gasteiger partial charge is 0.342 e. The van der Waals surface area contributed by atoms with Crippen LogP contribution in [-0.4, -0.2) is 47.8 Å². The van der Waals surface area contributed by atoms with Crippen LogP contribution in [0.5, 0.6) is 0 Å². The molecule has 0 spiro atoms. The molecule has 0 unspecified atom stereocenters. The van der Waals surface area contributed by atoms with Gasteiger partial charge in [0.05, 0.1) is 0 Å². The van der Waals surface area contributed by atoms with Crippen molar-refractivity contribution in [3.05, 3.63) is 64.7 Å². The van der Waals surface area contributed by atoms with Crippen molar-refractivity contribution in [3.8, 4) is 0 Å². The van der Waals surface area contributed by atoms with E-state index in [1.807, 2.05) is 54.3 Å². The van der Waals surface area contributed by atoms with Crippen molar-refractivity contribution in [1.82, 2.24) is 9.80 Å². The van der Waals surface area contributed by atoms with E-state index < -0.39 is 6.04 Å². The Morgan fingerprint density at radius 1 is 0.969 bits per heavy atom. The quantitative estimate of drug-likeness (QED) is 0.689. The maximum atomic E-state index is 13.4. The van der Waals surface area contributed by atoms with Gasteiger partial charge in [0.2, 0.25) is 11.8 Å². The summed E-state index contributed by atoms with van der Waals surface area (Å²) in [6, 6.07) is 15.1. The van der Waals surface area contributed by atoms with Crippen molar-refractivity contribution >= 4 is 29.1 Å². The van der Waals surface area contributed by atoms with Crippen LogP contribution >= 0.6 is 11.6 Å². The molecule has 2 aliphatic rings. The summed E-state index contributed by atoms with van der Waals surface area (Å²) in [7, 11) is 0. The highest BCUT2D eigenvalue weighted by molar-refractivity contribution is 6.31. The van der Waals surface area contributed by atoms with E-state index in [0.29, 0.717) is 16.6 Å². The summed E-state index contributed by atoms with van der Waals surface area (Å²) in [5.41, 5.74) is 2.63. The number of amides is 2. The summed E-state index contributed by atoms with van der Waals surface area (Å²) in [5, 5.41) is 3.69. The zero-order chi connectivity index (χ0) is 22.5. The third-order valence-corrected chi connectivity index (χ3v) is 7.12. The number of nitrogens with zero attached hydrogens (tertiary/aromatic N) is 2. The van der Waals surface area contributed by atoms with Gasteiger partial charge in [-0.05, 0) is 75.4 Å². The highest BCUT2D eigenvalue weighted by Crippen LogP contribution is 2.30. The number of nitrogens with one attached hydrogen (secondary N) is 1. The Morgan fingerprint density at radius 3 is 2.31 bits per heavy atom. The summed E-state index contributed by atoms with van der Waals surface area (Å²) >= 11 is 6.25. The summed E-state index contributed by atoms with van der Waals surface area (Å²) < 4.78 is 0. The number of hydrogen-bond donors (Lipinski definition) is 1. The fourth-order valence-corrected chi connectivity index (χ4v) is 5.00. The monoisotopic (exact) mass is 453 g/mol. The lowest BCUT2D eigenvalue weighted by atomic mass is 9.92. The standard InChI is InChI=1S/C26H32ClN3O2/c1-19-10-11-22(18-23(19)27)28-25(31)24(20-8-4-2-5-9-20)29-16-12-21(13-17-29)26(32)30-14-6-3-7-15-30/h2,4-5,8-11,18,21,24H,3,6-7,12-17H2,1H3,(H,28,31)/t24-/m0/s1. The number of carbonyl (C=O) groups is 2. The summed E-state index contributed by atoms with van der Waals surface area (Å²) in [6.45, 7) is 5.19. The van der Waals surface area contributed by atoms with Crippen molar-refractivity contribution in [1.29, 1.82) is 0 Å². The van der Waals surface area contributed by atoms with Gasteiger partial charge in [0.15, 0.2) is 0 Å². The van der Waals surface area contributed by atoms with Crippen molar-refractivity contribution in [3.63, 3.8) is 0 Å². The number of aryl methyl sites for hydroxylation is 1. The average Bonchev–Trinajstić information content (AvgIpc) is 2.83. The molecule has 2 saturated heterocycles. The molecule has 2 aromatic carbocycles. The summed E-state index contributed by atoms with van der Waals surface area (Å²) in [5.74, 6) is 0.302. The first-order valence-electron chi connectivity index (χ1n) is 11.7. The molecule has 5 nitrogen and oxygen atoms in total. The van der Waals surface area contributed by atoms with E-state index in [9.17, 15) is 9.59 Å². The SMILES string of the molecule is Cc1ccc(NC(=O)[C@H](c2ccccc2)N2CCC(C(=O)N3CCCCC3)CC2)cc1Cl. The lowest BCUT2D eigenvalue weighted by Gasteiger charge is -2.38. The maximum absolute atomic E-state index is 13.4. The molecular weight excluding hydrogens is 422 g/mol. The van der Waals surface area contributed by atoms with Gasteiger partial charge < -0.3 is 10.2 Å². The predicted molar refractivity (Wildman–Crippen MR) is 129 cm³/mol. The van der Waals surface area contributed by atoms with E-state index in [1.165, 1.54) is 6.42 Å². The zero-order valence-corrected chi connectivity index (χ0v) is 19.5. The van der Waals surface area contributed by atoms with E-state index in [1.54, 1.807) is 6.07 Å². The van der Waals surface area contributed by atoms with Crippen LogP contribution in [0, 0.1) is 12.8 Å². The minimum Gasteiger partial charge on any atom is -0.342 e. The van der Waals surface area contributed by atoms with Gasteiger partial charge >= 0.3 is 0 Å². The van der Waals surface area contributed by atoms with E-state index in [-0.39, 0.29) is 11.8 Å². The number of likely N-dealkylation sites (tertiary alicyclic amines) is 2. The molecule has 4 rings (SSSR count). The second kappa shape index (κ2) is 10.5. The van der Waals surface area contributed by atoms with Crippen LogP contribution in [0.15, 0.2) is 48.5 Å². The van der Waals surface area contributed by atoms with Crippen LogP contribution in [0.25, 0.3) is 0 Å². The molecule has 0 aliphatic carbocycles. The van der Waals surface area contributed by atoms with Crippen molar-refractivity contribution in [2.24, 2.45) is 5.92 Å². The van der Waals surface area contributed by atoms with E-state index in [0.717, 1.165) is 63.0 Å². The Hall–Kier alpha value is -2.37. The molecule has 6 heteroatoms. The number of hydrogen-bond acceptors (Lipinski definition) is 3. The van der Waals surface area contributed by atoms with Crippen LogP contribution in [0.2, 0.25) is 5.02 Å². The van der Waals surface area contributed by atoms with Crippen LogP contribution in [-0.2, 0) is 9.59 Å². The van der Waals surface area contributed by atoms with Gasteiger partial charge in [0, 0.05) is 29.7 Å². The number of anilines is 1. The molecule has 1 N–H and O–H groups in total. The van der Waals surface area contributed by atoms with Gasteiger partial charge in [-0.15, -0.1) is 0 Å². The molecule has 170 valence electrons. The maximum Gasteiger partial charge on any atom is 0.246 e. The number of rotatable bonds is 5. The third kappa shape index (κ3) is 5.33. The Kier molecular flexibility index (Phi) is 7.48. The van der Waals surface area contributed by atoms with Crippen LogP contribution in [0.4, 0.5) is 5.69 Å². The predicted octanol–water partition coefficient (Wildman–Crippen LogP) is 5.05. The molecule has 2 aliphatic heterocycles. The van der Waals surface area contributed by atoms with E-state index >= 15 is 0 Å². The number of carbonyl (C=O) groups excluding carboxylic acids is 2. The minimum absolute atomic E-state index is 0.0692. The summed E-state index contributed by atoms with van der Waals surface area (Å²) in [4.78, 5) is 30.6. The first-order chi connectivity index (χ1) is 15.5. The molecule has 2 amide bonds. The van der Waals surface area contributed by atoms with Gasteiger partial charge in [-0.2, -0.15) is 0 Å². The van der Waals surface area contributed by atoms with Gasteiger partial charge in [0.25, 0.3) is 0 Å². The molecule has 0 bridgehead atoms. The molecule has 2 aromatic rings. The van der Waals surface area contributed by atoms with Crippen LogP contribution < -0.4 is 5.32 Å². The van der Waals surface area contributed by atoms with E-state index in [4.69, 9.17) is 11.6 Å². The first-order valence-corrected chi connectivity index (χ1v) is 12.1. The highest BCUT2D eigenvalue weighted by Gasteiger charge is 2.34. The Balaban J connectivity index is 1.46. The van der Waals surface area contributed by atoms with Crippen molar-refractivity contribution < 1.29 is 9.59 Å². The second-order valence-electron chi connectivity index (χ2n) is 8.96. The molecular formula is C26H32ClN3O2. The molecule has 1 atom stereocenters. The normalized spacial score (nSPS) is 18.9. The fraction of sp³-hybridized carbons (Fsp3) is 0.462. The molecule has 0 radical (unpaired) electrons. The highest BCUT2D eigenvalue weighted by atomic mass is 35.5. The van der Waals surface area contributed by atoms with Crippen LogP contribution in [0.1, 0.15) is 49.3 Å². The lowest BCUT2D eigenvalue weighted by molar-refractivity contribution is -0.138. The minimum atomic E-state index is -0.401. The zero-order valence-electron chi connectivity index (χ0n) is 18.7. The second-order valence-corrected chi connectivity index (χ2v) is 9.37. The Bertz CT molecular complexity index is 935.